The Morgan fingerprint density at radius 2 is 1.78 bits per heavy atom. The van der Waals surface area contributed by atoms with E-state index in [-0.39, 0.29) is 6.04 Å². The maximum Gasteiger partial charge on any atom is 0.149 e. The van der Waals surface area contributed by atoms with Crippen LogP contribution in [0.3, 0.4) is 0 Å². The van der Waals surface area contributed by atoms with E-state index in [2.05, 4.69) is 15.0 Å². The first-order valence-electron chi connectivity index (χ1n) is 5.71. The number of benzene rings is 1. The molecule has 2 aromatic heterocycles. The van der Waals surface area contributed by atoms with Crippen molar-refractivity contribution in [2.45, 2.75) is 6.04 Å². The van der Waals surface area contributed by atoms with Gasteiger partial charge in [0.25, 0.3) is 0 Å². The highest BCUT2D eigenvalue weighted by Gasteiger charge is 2.13. The molecule has 0 spiro atoms. The van der Waals surface area contributed by atoms with Gasteiger partial charge in [0.15, 0.2) is 0 Å². The third kappa shape index (κ3) is 1.83. The minimum atomic E-state index is -0.322. The summed E-state index contributed by atoms with van der Waals surface area (Å²) in [6.45, 7) is 0. The molecule has 0 aliphatic rings. The van der Waals surface area contributed by atoms with Crippen LogP contribution in [0.1, 0.15) is 17.4 Å². The van der Waals surface area contributed by atoms with E-state index in [1.54, 1.807) is 24.7 Å². The Kier molecular flexibility index (Phi) is 2.70. The number of nitrogens with two attached hydrogens (primary N) is 1. The van der Waals surface area contributed by atoms with Gasteiger partial charge in [-0.05, 0) is 23.1 Å². The number of aromatic nitrogens is 3. The molecule has 0 radical (unpaired) electrons. The van der Waals surface area contributed by atoms with Crippen molar-refractivity contribution in [3.05, 3.63) is 66.5 Å². The minimum absolute atomic E-state index is 0.322. The first-order valence-corrected chi connectivity index (χ1v) is 5.71. The molecule has 0 fully saturated rings. The quantitative estimate of drug-likeness (QED) is 0.739. The van der Waals surface area contributed by atoms with Crippen LogP contribution in [0.5, 0.6) is 0 Å². The van der Waals surface area contributed by atoms with E-state index in [0.29, 0.717) is 5.82 Å². The molecule has 4 heteroatoms. The molecule has 88 valence electrons. The van der Waals surface area contributed by atoms with Gasteiger partial charge in [0.05, 0.1) is 6.04 Å². The van der Waals surface area contributed by atoms with Crippen molar-refractivity contribution in [1.82, 2.24) is 15.0 Å². The number of hydrogen-bond acceptors (Lipinski definition) is 4. The van der Waals surface area contributed by atoms with Gasteiger partial charge in [-0.25, -0.2) is 9.97 Å². The third-order valence-electron chi connectivity index (χ3n) is 2.91. The van der Waals surface area contributed by atoms with Gasteiger partial charge in [0.1, 0.15) is 5.82 Å². The van der Waals surface area contributed by atoms with Gasteiger partial charge < -0.3 is 5.73 Å². The van der Waals surface area contributed by atoms with Crippen LogP contribution in [0.15, 0.2) is 55.1 Å². The van der Waals surface area contributed by atoms with Gasteiger partial charge in [-0.1, -0.05) is 18.2 Å². The lowest BCUT2D eigenvalue weighted by atomic mass is 10.00. The summed E-state index contributed by atoms with van der Waals surface area (Å²) in [5.74, 6) is 0.627. The lowest BCUT2D eigenvalue weighted by Crippen LogP contribution is -2.15. The van der Waals surface area contributed by atoms with Crippen LogP contribution < -0.4 is 5.73 Å². The monoisotopic (exact) mass is 236 g/mol. The predicted molar refractivity (Wildman–Crippen MR) is 69.8 cm³/mol. The van der Waals surface area contributed by atoms with Crippen LogP contribution in [-0.4, -0.2) is 15.0 Å². The van der Waals surface area contributed by atoms with Crippen LogP contribution in [0, 0.1) is 0 Å². The van der Waals surface area contributed by atoms with Crippen LogP contribution in [0.2, 0.25) is 0 Å². The summed E-state index contributed by atoms with van der Waals surface area (Å²) in [5, 5.41) is 2.16. The molecule has 1 unspecified atom stereocenters. The van der Waals surface area contributed by atoms with Gasteiger partial charge in [0, 0.05) is 30.2 Å². The molecule has 0 amide bonds. The van der Waals surface area contributed by atoms with E-state index in [9.17, 15) is 0 Å². The first-order chi connectivity index (χ1) is 8.86. The van der Waals surface area contributed by atoms with Crippen molar-refractivity contribution >= 4 is 10.8 Å². The molecule has 18 heavy (non-hydrogen) atoms. The average molecular weight is 236 g/mol. The Balaban J connectivity index is 2.15. The Labute approximate surface area is 105 Å². The van der Waals surface area contributed by atoms with Crippen molar-refractivity contribution in [2.75, 3.05) is 0 Å². The molecule has 1 aromatic carbocycles. The number of rotatable bonds is 2. The Bertz CT molecular complexity index is 661. The summed E-state index contributed by atoms with van der Waals surface area (Å²) < 4.78 is 0. The summed E-state index contributed by atoms with van der Waals surface area (Å²) in [5.41, 5.74) is 7.25. The summed E-state index contributed by atoms with van der Waals surface area (Å²) in [6, 6.07) is 9.42. The summed E-state index contributed by atoms with van der Waals surface area (Å²) in [6.07, 6.45) is 7.01. The van der Waals surface area contributed by atoms with Gasteiger partial charge in [-0.2, -0.15) is 0 Å². The highest BCUT2D eigenvalue weighted by molar-refractivity contribution is 5.85. The second-order valence-electron chi connectivity index (χ2n) is 4.03. The fourth-order valence-electron chi connectivity index (χ4n) is 2.03. The third-order valence-corrected chi connectivity index (χ3v) is 2.91. The van der Waals surface area contributed by atoms with Crippen LogP contribution >= 0.6 is 0 Å². The van der Waals surface area contributed by atoms with Crippen LogP contribution in [-0.2, 0) is 0 Å². The largest absolute Gasteiger partial charge is 0.318 e. The molecular weight excluding hydrogens is 224 g/mol. The molecule has 0 saturated heterocycles. The number of fused-ring (bicyclic) bond motifs is 1. The number of hydrogen-bond donors (Lipinski definition) is 1. The van der Waals surface area contributed by atoms with E-state index in [1.807, 2.05) is 30.5 Å². The molecule has 2 N–H and O–H groups in total. The first kappa shape index (κ1) is 10.8. The molecule has 0 saturated carbocycles. The van der Waals surface area contributed by atoms with E-state index < -0.39 is 0 Å². The standard InChI is InChI=1S/C14H12N4/c15-13(14-17-6-2-7-18-14)12-4-1-3-10-9-16-8-5-11(10)12/h1-9,13H,15H2. The molecule has 0 bridgehead atoms. The fourth-order valence-corrected chi connectivity index (χ4v) is 2.03. The lowest BCUT2D eigenvalue weighted by Gasteiger charge is -2.12. The zero-order chi connectivity index (χ0) is 12.4. The SMILES string of the molecule is NC(c1ncccn1)c1cccc2cnccc12. The van der Waals surface area contributed by atoms with Crippen molar-refractivity contribution in [3.63, 3.8) is 0 Å². The highest BCUT2D eigenvalue weighted by atomic mass is 14.9. The molecule has 0 aliphatic carbocycles. The number of nitrogens with zero attached hydrogens (tertiary/aromatic N) is 3. The topological polar surface area (TPSA) is 64.7 Å². The Hall–Kier alpha value is -2.33. The molecular formula is C14H12N4. The molecule has 3 aromatic rings. The zero-order valence-corrected chi connectivity index (χ0v) is 9.69. The van der Waals surface area contributed by atoms with E-state index in [4.69, 9.17) is 5.73 Å². The highest BCUT2D eigenvalue weighted by Crippen LogP contribution is 2.24. The van der Waals surface area contributed by atoms with E-state index >= 15 is 0 Å². The summed E-state index contributed by atoms with van der Waals surface area (Å²) in [7, 11) is 0. The lowest BCUT2D eigenvalue weighted by molar-refractivity contribution is 0.786. The second-order valence-corrected chi connectivity index (χ2v) is 4.03. The Morgan fingerprint density at radius 1 is 0.944 bits per heavy atom. The molecule has 2 heterocycles. The van der Waals surface area contributed by atoms with Gasteiger partial charge >= 0.3 is 0 Å². The van der Waals surface area contributed by atoms with Crippen LogP contribution in [0.4, 0.5) is 0 Å². The van der Waals surface area contributed by atoms with Crippen LogP contribution in [0.25, 0.3) is 10.8 Å². The number of pyridine rings is 1. The second kappa shape index (κ2) is 4.50. The van der Waals surface area contributed by atoms with E-state index in [1.165, 1.54) is 0 Å². The van der Waals surface area contributed by atoms with Gasteiger partial charge in [-0.15, -0.1) is 0 Å². The zero-order valence-electron chi connectivity index (χ0n) is 9.69. The smallest absolute Gasteiger partial charge is 0.149 e. The molecule has 4 nitrogen and oxygen atoms in total. The van der Waals surface area contributed by atoms with Crippen molar-refractivity contribution < 1.29 is 0 Å². The summed E-state index contributed by atoms with van der Waals surface area (Å²) in [4.78, 5) is 12.5. The molecule has 0 aliphatic heterocycles. The van der Waals surface area contributed by atoms with Gasteiger partial charge in [-0.3, -0.25) is 4.98 Å². The molecule has 3 rings (SSSR count). The average Bonchev–Trinajstić information content (AvgIpc) is 2.47. The maximum absolute atomic E-state index is 6.24. The molecule has 1 atom stereocenters. The fraction of sp³-hybridized carbons (Fsp3) is 0.0714. The summed E-state index contributed by atoms with van der Waals surface area (Å²) >= 11 is 0. The van der Waals surface area contributed by atoms with Gasteiger partial charge in [0.2, 0.25) is 0 Å². The maximum atomic E-state index is 6.24. The minimum Gasteiger partial charge on any atom is -0.318 e. The van der Waals surface area contributed by atoms with Crippen molar-refractivity contribution in [1.29, 1.82) is 0 Å². The van der Waals surface area contributed by atoms with Crippen molar-refractivity contribution in [2.24, 2.45) is 5.73 Å². The Morgan fingerprint density at radius 3 is 2.61 bits per heavy atom. The van der Waals surface area contributed by atoms with Crippen molar-refractivity contribution in [3.8, 4) is 0 Å². The van der Waals surface area contributed by atoms with E-state index in [0.717, 1.165) is 16.3 Å². The predicted octanol–water partition coefficient (Wildman–Crippen LogP) is 2.07. The normalized spacial score (nSPS) is 12.5.